The van der Waals surface area contributed by atoms with E-state index in [1.807, 2.05) is 0 Å². The molecule has 18 heavy (non-hydrogen) atoms. The second kappa shape index (κ2) is 4.79. The quantitative estimate of drug-likeness (QED) is 0.883. The van der Waals surface area contributed by atoms with Gasteiger partial charge in [0.1, 0.15) is 5.82 Å². The van der Waals surface area contributed by atoms with Gasteiger partial charge in [0.05, 0.1) is 18.4 Å². The summed E-state index contributed by atoms with van der Waals surface area (Å²) >= 11 is 0. The lowest BCUT2D eigenvalue weighted by Crippen LogP contribution is -2.19. The van der Waals surface area contributed by atoms with Gasteiger partial charge < -0.3 is 5.11 Å². The minimum absolute atomic E-state index is 0.142. The van der Waals surface area contributed by atoms with E-state index in [0.717, 1.165) is 6.07 Å². The minimum atomic E-state index is -1.32. The Morgan fingerprint density at radius 2 is 2.17 bits per heavy atom. The number of aromatic nitrogens is 2. The third-order valence-corrected chi connectivity index (χ3v) is 2.41. The summed E-state index contributed by atoms with van der Waals surface area (Å²) in [6.45, 7) is 0.142. The van der Waals surface area contributed by atoms with E-state index in [1.54, 1.807) is 0 Å². The van der Waals surface area contributed by atoms with Crippen molar-refractivity contribution in [3.05, 3.63) is 64.1 Å². The average molecular weight is 248 g/mol. The molecule has 0 unspecified atom stereocenters. The maximum absolute atomic E-state index is 13.4. The standard InChI is InChI=1S/C12H9FN2O3/c13-10-5-8(1-2-9(10)12(17)18)6-15-7-14-4-3-11(15)16/h1-5,7H,6H2,(H,17,18). The van der Waals surface area contributed by atoms with Gasteiger partial charge in [-0.3, -0.25) is 9.36 Å². The normalized spacial score (nSPS) is 10.3. The predicted molar refractivity (Wildman–Crippen MR) is 61.0 cm³/mol. The van der Waals surface area contributed by atoms with Crippen molar-refractivity contribution in [1.82, 2.24) is 9.55 Å². The zero-order chi connectivity index (χ0) is 13.1. The summed E-state index contributed by atoms with van der Waals surface area (Å²) in [6.07, 6.45) is 2.71. The van der Waals surface area contributed by atoms with Crippen LogP contribution in [0.4, 0.5) is 4.39 Å². The van der Waals surface area contributed by atoms with E-state index in [4.69, 9.17) is 5.11 Å². The van der Waals surface area contributed by atoms with Crippen LogP contribution in [0.3, 0.4) is 0 Å². The van der Waals surface area contributed by atoms with Crippen molar-refractivity contribution in [1.29, 1.82) is 0 Å². The topological polar surface area (TPSA) is 72.2 Å². The van der Waals surface area contributed by atoms with Crippen LogP contribution in [0.15, 0.2) is 41.6 Å². The molecule has 0 bridgehead atoms. The zero-order valence-corrected chi connectivity index (χ0v) is 9.21. The van der Waals surface area contributed by atoms with E-state index in [0.29, 0.717) is 5.56 Å². The fraction of sp³-hybridized carbons (Fsp3) is 0.0833. The Morgan fingerprint density at radius 1 is 1.39 bits per heavy atom. The maximum Gasteiger partial charge on any atom is 0.338 e. The Bertz CT molecular complexity index is 652. The number of rotatable bonds is 3. The van der Waals surface area contributed by atoms with Gasteiger partial charge >= 0.3 is 5.97 Å². The highest BCUT2D eigenvalue weighted by Crippen LogP contribution is 2.11. The lowest BCUT2D eigenvalue weighted by Gasteiger charge is -2.05. The van der Waals surface area contributed by atoms with Crippen LogP contribution in [0, 0.1) is 5.82 Å². The highest BCUT2D eigenvalue weighted by molar-refractivity contribution is 5.87. The van der Waals surface area contributed by atoms with E-state index >= 15 is 0 Å². The van der Waals surface area contributed by atoms with E-state index in [2.05, 4.69) is 4.98 Å². The van der Waals surface area contributed by atoms with Gasteiger partial charge in [-0.15, -0.1) is 0 Å². The van der Waals surface area contributed by atoms with Crippen molar-refractivity contribution in [2.45, 2.75) is 6.54 Å². The van der Waals surface area contributed by atoms with E-state index in [1.165, 1.54) is 35.3 Å². The Kier molecular flexibility index (Phi) is 3.18. The summed E-state index contributed by atoms with van der Waals surface area (Å²) in [5.74, 6) is -2.14. The molecule has 1 aromatic heterocycles. The van der Waals surface area contributed by atoms with Gasteiger partial charge in [0.15, 0.2) is 0 Å². The van der Waals surface area contributed by atoms with Gasteiger partial charge in [-0.2, -0.15) is 0 Å². The van der Waals surface area contributed by atoms with Gasteiger partial charge in [0.2, 0.25) is 0 Å². The molecule has 0 aliphatic rings. The molecule has 0 radical (unpaired) electrons. The molecule has 6 heteroatoms. The molecule has 0 aliphatic heterocycles. The molecule has 0 saturated carbocycles. The molecule has 5 nitrogen and oxygen atoms in total. The maximum atomic E-state index is 13.4. The van der Waals surface area contributed by atoms with Crippen molar-refractivity contribution in [3.8, 4) is 0 Å². The Morgan fingerprint density at radius 3 is 2.78 bits per heavy atom. The summed E-state index contributed by atoms with van der Waals surface area (Å²) in [5.41, 5.74) is -0.155. The monoisotopic (exact) mass is 248 g/mol. The predicted octanol–water partition coefficient (Wildman–Crippen LogP) is 1.13. The average Bonchev–Trinajstić information content (AvgIpc) is 2.32. The zero-order valence-electron chi connectivity index (χ0n) is 9.21. The van der Waals surface area contributed by atoms with Gasteiger partial charge in [0, 0.05) is 12.3 Å². The summed E-state index contributed by atoms with van der Waals surface area (Å²) < 4.78 is 14.7. The third kappa shape index (κ3) is 2.42. The van der Waals surface area contributed by atoms with Crippen LogP contribution in [-0.4, -0.2) is 20.6 Å². The lowest BCUT2D eigenvalue weighted by molar-refractivity contribution is 0.0692. The lowest BCUT2D eigenvalue weighted by atomic mass is 10.1. The third-order valence-electron chi connectivity index (χ3n) is 2.41. The van der Waals surface area contributed by atoms with Gasteiger partial charge in [-0.05, 0) is 17.7 Å². The summed E-state index contributed by atoms with van der Waals surface area (Å²) in [7, 11) is 0. The van der Waals surface area contributed by atoms with Crippen LogP contribution in [0.5, 0.6) is 0 Å². The molecule has 92 valence electrons. The van der Waals surface area contributed by atoms with Crippen LogP contribution >= 0.6 is 0 Å². The summed E-state index contributed by atoms with van der Waals surface area (Å²) in [5, 5.41) is 8.69. The Hall–Kier alpha value is -2.50. The molecule has 0 atom stereocenters. The van der Waals surface area contributed by atoms with Crippen molar-refractivity contribution in [2.24, 2.45) is 0 Å². The molecule has 0 saturated heterocycles. The van der Waals surface area contributed by atoms with Crippen LogP contribution in [0.2, 0.25) is 0 Å². The number of carboxylic acids is 1. The van der Waals surface area contributed by atoms with Crippen LogP contribution in [0.25, 0.3) is 0 Å². The number of hydrogen-bond acceptors (Lipinski definition) is 3. The van der Waals surface area contributed by atoms with Gasteiger partial charge in [-0.1, -0.05) is 6.07 Å². The number of aromatic carboxylic acids is 1. The van der Waals surface area contributed by atoms with Crippen molar-refractivity contribution in [3.63, 3.8) is 0 Å². The second-order valence-corrected chi connectivity index (χ2v) is 3.67. The number of halogens is 1. The first-order chi connectivity index (χ1) is 8.58. The van der Waals surface area contributed by atoms with Crippen LogP contribution in [-0.2, 0) is 6.54 Å². The molecule has 1 aromatic carbocycles. The molecule has 2 aromatic rings. The molecule has 2 rings (SSSR count). The van der Waals surface area contributed by atoms with E-state index < -0.39 is 17.3 Å². The molecule has 0 spiro atoms. The Labute approximate surface area is 101 Å². The smallest absolute Gasteiger partial charge is 0.338 e. The number of benzene rings is 1. The van der Waals surface area contributed by atoms with Crippen molar-refractivity contribution >= 4 is 5.97 Å². The summed E-state index contributed by atoms with van der Waals surface area (Å²) in [4.78, 5) is 25.8. The van der Waals surface area contributed by atoms with Crippen LogP contribution in [0.1, 0.15) is 15.9 Å². The largest absolute Gasteiger partial charge is 0.478 e. The molecule has 0 amide bonds. The Balaban J connectivity index is 2.31. The molecule has 1 N–H and O–H groups in total. The summed E-state index contributed by atoms with van der Waals surface area (Å²) in [6, 6.07) is 5.03. The molecular formula is C12H9FN2O3. The number of carboxylic acid groups (broad SMARTS) is 1. The van der Waals surface area contributed by atoms with E-state index in [9.17, 15) is 14.0 Å². The van der Waals surface area contributed by atoms with Gasteiger partial charge in [0.25, 0.3) is 5.56 Å². The number of hydrogen-bond donors (Lipinski definition) is 1. The molecule has 0 fully saturated rings. The first kappa shape index (κ1) is 12.0. The SMILES string of the molecule is O=C(O)c1ccc(Cn2cnccc2=O)cc1F. The fourth-order valence-electron chi connectivity index (χ4n) is 1.52. The van der Waals surface area contributed by atoms with Crippen LogP contribution < -0.4 is 5.56 Å². The number of nitrogens with zero attached hydrogens (tertiary/aromatic N) is 2. The van der Waals surface area contributed by atoms with Crippen molar-refractivity contribution in [2.75, 3.05) is 0 Å². The van der Waals surface area contributed by atoms with E-state index in [-0.39, 0.29) is 12.1 Å². The fourth-order valence-corrected chi connectivity index (χ4v) is 1.52. The first-order valence-electron chi connectivity index (χ1n) is 5.10. The second-order valence-electron chi connectivity index (χ2n) is 3.67. The highest BCUT2D eigenvalue weighted by Gasteiger charge is 2.10. The van der Waals surface area contributed by atoms with Gasteiger partial charge in [-0.25, -0.2) is 14.2 Å². The minimum Gasteiger partial charge on any atom is -0.478 e. The highest BCUT2D eigenvalue weighted by atomic mass is 19.1. The molecular weight excluding hydrogens is 239 g/mol. The molecule has 0 aliphatic carbocycles. The first-order valence-corrected chi connectivity index (χ1v) is 5.10. The number of carbonyl (C=O) groups is 1. The van der Waals surface area contributed by atoms with Crippen molar-refractivity contribution < 1.29 is 14.3 Å². The molecule has 1 heterocycles.